The highest BCUT2D eigenvalue weighted by Gasteiger charge is 2.18. The van der Waals surface area contributed by atoms with Gasteiger partial charge in [-0.1, -0.05) is 63.6 Å². The molecule has 4 unspecified atom stereocenters. The molecule has 0 aliphatic rings. The largest absolute Gasteiger partial charge is 0.496 e. The molecule has 1 aromatic heterocycles. The monoisotopic (exact) mass is 652 g/mol. The van der Waals surface area contributed by atoms with Gasteiger partial charge in [-0.15, -0.1) is 11.3 Å². The van der Waals surface area contributed by atoms with Crippen LogP contribution in [0, 0.1) is 25.7 Å². The summed E-state index contributed by atoms with van der Waals surface area (Å²) in [6, 6.07) is 8.31. The normalized spacial score (nSPS) is 12.3. The van der Waals surface area contributed by atoms with Crippen LogP contribution in [0.25, 0.3) is 10.2 Å². The number of carbonyl (C=O) groups excluding carboxylic acids is 2. The Bertz CT molecular complexity index is 1260. The molecule has 7 nitrogen and oxygen atoms in total. The summed E-state index contributed by atoms with van der Waals surface area (Å²) in [4.78, 5) is 27.4. The van der Waals surface area contributed by atoms with Crippen LogP contribution in [-0.4, -0.2) is 43.6 Å². The Morgan fingerprint density at radius 2 is 1.70 bits per heavy atom. The number of Topliss-reactive ketones (excluding diaryl/α,β-unsaturated/α-hetero) is 1. The maximum absolute atomic E-state index is 12.4. The zero-order valence-corrected chi connectivity index (χ0v) is 30.3. The van der Waals surface area contributed by atoms with Gasteiger partial charge in [0, 0.05) is 25.7 Å². The number of hydrogen-bond acceptors (Lipinski definition) is 7. The Labute approximate surface area is 270 Å². The van der Waals surface area contributed by atoms with Crippen molar-refractivity contribution in [1.82, 2.24) is 4.98 Å². The number of primary amides is 1. The van der Waals surface area contributed by atoms with Crippen LogP contribution in [0.3, 0.4) is 0 Å². The second kappa shape index (κ2) is 22.8. The molecule has 4 atom stereocenters. The molecule has 0 fully saturated rings. The molecule has 0 saturated carbocycles. The standard InChI is InChI=1S/C13H15NO2S.C10H22O.C9H11FNO2P.C2H6/c1-4-5-10(15)12-11(16-3)7-6-9-13(12)17-8(2)14-9;1-5-6-9(2)7-10(3)8-11-4;1-5-4-6(13-9(10)14)2-3-7(5)8(11)12;1-2/h6-7H,4-5H2,1-3H3;9-10H,5-8H2,1-4H3;2-4,9H,14H2,1H3,(H2,11,12);1-2H3. The van der Waals surface area contributed by atoms with E-state index in [-0.39, 0.29) is 5.78 Å². The molecule has 1 heterocycles. The number of thiazole rings is 1. The first kappa shape index (κ1) is 41.4. The number of fused-ring (bicyclic) bond motifs is 1. The number of methoxy groups -OCH3 is 2. The maximum atomic E-state index is 12.4. The maximum Gasteiger partial charge on any atom is 0.249 e. The minimum atomic E-state index is -1.45. The van der Waals surface area contributed by atoms with Gasteiger partial charge >= 0.3 is 0 Å². The summed E-state index contributed by atoms with van der Waals surface area (Å²) >= 11 is 1.55. The van der Waals surface area contributed by atoms with Crippen LogP contribution < -0.4 is 15.2 Å². The number of hydrogen-bond donors (Lipinski definition) is 1. The van der Waals surface area contributed by atoms with Gasteiger partial charge < -0.3 is 19.9 Å². The van der Waals surface area contributed by atoms with Crippen molar-refractivity contribution in [2.24, 2.45) is 17.6 Å². The second-order valence-electron chi connectivity index (χ2n) is 10.4. The van der Waals surface area contributed by atoms with Gasteiger partial charge in [0.2, 0.25) is 12.0 Å². The molecule has 2 aromatic carbocycles. The van der Waals surface area contributed by atoms with Crippen molar-refractivity contribution in [3.8, 4) is 11.5 Å². The number of amides is 1. The summed E-state index contributed by atoms with van der Waals surface area (Å²) in [5.74, 6) is 2.25. The lowest BCUT2D eigenvalue weighted by Crippen LogP contribution is -2.12. The van der Waals surface area contributed by atoms with Crippen molar-refractivity contribution in [2.75, 3.05) is 20.8 Å². The average Bonchev–Trinajstić information content (AvgIpc) is 3.34. The van der Waals surface area contributed by atoms with Crippen LogP contribution in [0.15, 0.2) is 30.3 Å². The minimum absolute atomic E-state index is 0.138. The summed E-state index contributed by atoms with van der Waals surface area (Å²) in [7, 11) is 5.25. The van der Waals surface area contributed by atoms with E-state index in [0.29, 0.717) is 34.6 Å². The fourth-order valence-electron chi connectivity index (χ4n) is 4.64. The van der Waals surface area contributed by atoms with Gasteiger partial charge in [-0.25, -0.2) is 4.98 Å². The molecule has 3 rings (SSSR count). The third kappa shape index (κ3) is 14.9. The molecule has 1 amide bonds. The molecular weight excluding hydrogens is 598 g/mol. The van der Waals surface area contributed by atoms with E-state index in [4.69, 9.17) is 19.9 Å². The van der Waals surface area contributed by atoms with Gasteiger partial charge in [0.25, 0.3) is 0 Å². The van der Waals surface area contributed by atoms with E-state index in [1.54, 1.807) is 38.5 Å². The molecule has 3 aromatic rings. The Balaban J connectivity index is 0.000000628. The number of ether oxygens (including phenoxy) is 3. The number of rotatable bonds is 13. The van der Waals surface area contributed by atoms with E-state index in [9.17, 15) is 14.0 Å². The van der Waals surface area contributed by atoms with Crippen molar-refractivity contribution in [2.45, 2.75) is 93.6 Å². The molecule has 10 heteroatoms. The predicted octanol–water partition coefficient (Wildman–Crippen LogP) is 9.32. The lowest BCUT2D eigenvalue weighted by molar-refractivity contribution is 0.0977. The summed E-state index contributed by atoms with van der Waals surface area (Å²) in [6.45, 7) is 17.4. The quantitative estimate of drug-likeness (QED) is 0.146. The van der Waals surface area contributed by atoms with E-state index in [2.05, 4.69) is 25.8 Å². The fourth-order valence-corrected chi connectivity index (χ4v) is 5.77. The Kier molecular flexibility index (Phi) is 21.5. The summed E-state index contributed by atoms with van der Waals surface area (Å²) in [5, 5.41) is 0.971. The SMILES string of the molecule is CC.CCCC(=O)c1c(OC)ccc2nc(C)sc12.CCCC(C)CC(C)COC.Cc1cc(OC(F)P)ccc1C(N)=O. The van der Waals surface area contributed by atoms with Crippen LogP contribution >= 0.6 is 20.6 Å². The topological polar surface area (TPSA) is 101 Å². The molecule has 44 heavy (non-hydrogen) atoms. The molecular formula is C34H54FN2O5PS. The van der Waals surface area contributed by atoms with E-state index >= 15 is 0 Å². The summed E-state index contributed by atoms with van der Waals surface area (Å²) < 4.78 is 28.5. The molecule has 0 spiro atoms. The Hall–Kier alpha value is -2.61. The van der Waals surface area contributed by atoms with Gasteiger partial charge in [0.05, 0.1) is 27.9 Å². The zero-order chi connectivity index (χ0) is 33.8. The van der Waals surface area contributed by atoms with E-state index < -0.39 is 12.0 Å². The first-order valence-electron chi connectivity index (χ1n) is 15.3. The van der Waals surface area contributed by atoms with Crippen molar-refractivity contribution in [3.05, 3.63) is 52.0 Å². The lowest BCUT2D eigenvalue weighted by atomic mass is 9.94. The third-order valence-corrected chi connectivity index (χ3v) is 7.49. The number of alkyl halides is 1. The number of nitrogens with zero attached hydrogens (tertiary/aromatic N) is 1. The van der Waals surface area contributed by atoms with Crippen LogP contribution in [0.1, 0.15) is 105 Å². The highest BCUT2D eigenvalue weighted by Crippen LogP contribution is 2.33. The molecule has 0 bridgehead atoms. The number of aryl methyl sites for hydroxylation is 2. The van der Waals surface area contributed by atoms with E-state index in [1.165, 1.54) is 31.4 Å². The van der Waals surface area contributed by atoms with E-state index in [1.807, 2.05) is 49.1 Å². The van der Waals surface area contributed by atoms with Crippen LogP contribution in [0.2, 0.25) is 0 Å². The molecule has 248 valence electrons. The number of nitrogens with two attached hydrogens (primary N) is 1. The predicted molar refractivity (Wildman–Crippen MR) is 186 cm³/mol. The molecule has 0 saturated heterocycles. The van der Waals surface area contributed by atoms with Gasteiger partial charge in [-0.3, -0.25) is 9.59 Å². The molecule has 0 aliphatic heterocycles. The lowest BCUT2D eigenvalue weighted by Gasteiger charge is -2.15. The van der Waals surface area contributed by atoms with Crippen LogP contribution in [-0.2, 0) is 4.74 Å². The number of carbonyl (C=O) groups is 2. The van der Waals surface area contributed by atoms with Crippen LogP contribution in [0.4, 0.5) is 4.39 Å². The zero-order valence-electron chi connectivity index (χ0n) is 28.3. The van der Waals surface area contributed by atoms with Crippen molar-refractivity contribution in [3.63, 3.8) is 0 Å². The van der Waals surface area contributed by atoms with E-state index in [0.717, 1.165) is 40.1 Å². The summed E-state index contributed by atoms with van der Waals surface area (Å²) in [5.41, 5.74) is 7.76. The van der Waals surface area contributed by atoms with Gasteiger partial charge in [0.1, 0.15) is 11.5 Å². The second-order valence-corrected chi connectivity index (χ2v) is 12.1. The highest BCUT2D eigenvalue weighted by atomic mass is 32.1. The minimum Gasteiger partial charge on any atom is -0.496 e. The number of benzene rings is 2. The third-order valence-electron chi connectivity index (χ3n) is 6.35. The first-order chi connectivity index (χ1) is 20.9. The first-order valence-corrected chi connectivity index (χ1v) is 16.8. The van der Waals surface area contributed by atoms with Crippen molar-refractivity contribution in [1.29, 1.82) is 0 Å². The Morgan fingerprint density at radius 3 is 2.20 bits per heavy atom. The summed E-state index contributed by atoms with van der Waals surface area (Å²) in [6.07, 6.45) is 3.91. The van der Waals surface area contributed by atoms with Crippen LogP contribution in [0.5, 0.6) is 11.5 Å². The number of halogens is 1. The van der Waals surface area contributed by atoms with Crippen molar-refractivity contribution >= 4 is 42.5 Å². The van der Waals surface area contributed by atoms with Gasteiger partial charge in [-0.2, -0.15) is 4.39 Å². The molecule has 0 radical (unpaired) electrons. The molecule has 2 N–H and O–H groups in total. The fraction of sp³-hybridized carbons (Fsp3) is 0.559. The number of aromatic nitrogens is 1. The smallest absolute Gasteiger partial charge is 0.249 e. The number of ketones is 1. The highest BCUT2D eigenvalue weighted by molar-refractivity contribution is 7.19. The van der Waals surface area contributed by atoms with Gasteiger partial charge in [-0.05, 0) is 74.4 Å². The molecule has 0 aliphatic carbocycles. The van der Waals surface area contributed by atoms with Crippen molar-refractivity contribution < 1.29 is 28.2 Å². The Morgan fingerprint density at radius 1 is 1.05 bits per heavy atom. The van der Waals surface area contributed by atoms with Gasteiger partial charge in [0.15, 0.2) is 5.78 Å². The average molecular weight is 653 g/mol.